The van der Waals surface area contributed by atoms with Crippen LogP contribution in [0.25, 0.3) is 16.6 Å². The Morgan fingerprint density at radius 3 is 2.36 bits per heavy atom. The fourth-order valence-electron chi connectivity index (χ4n) is 2.72. The molecule has 0 spiro atoms. The average molecular weight is 336 g/mol. The van der Waals surface area contributed by atoms with Crippen molar-refractivity contribution in [3.63, 3.8) is 0 Å². The number of nitrogens with zero attached hydrogens (tertiary/aromatic N) is 3. The van der Waals surface area contributed by atoms with Crippen molar-refractivity contribution in [2.75, 3.05) is 19.0 Å². The predicted molar refractivity (Wildman–Crippen MR) is 99.3 cm³/mol. The SMILES string of the molecule is CC(C(N)=O)c1nc2ccccc2c(=O)n1-c1ccc(N(C)C)cc1. The summed E-state index contributed by atoms with van der Waals surface area (Å²) in [4.78, 5) is 31.3. The first-order chi connectivity index (χ1) is 11.9. The van der Waals surface area contributed by atoms with Crippen molar-refractivity contribution in [1.82, 2.24) is 9.55 Å². The van der Waals surface area contributed by atoms with Crippen LogP contribution in [0.3, 0.4) is 0 Å². The van der Waals surface area contributed by atoms with E-state index in [1.54, 1.807) is 25.1 Å². The minimum Gasteiger partial charge on any atom is -0.378 e. The van der Waals surface area contributed by atoms with E-state index >= 15 is 0 Å². The van der Waals surface area contributed by atoms with Gasteiger partial charge in [0.2, 0.25) is 5.91 Å². The van der Waals surface area contributed by atoms with Crippen molar-refractivity contribution in [1.29, 1.82) is 0 Å². The second-order valence-electron chi connectivity index (χ2n) is 6.16. The lowest BCUT2D eigenvalue weighted by Gasteiger charge is -2.18. The van der Waals surface area contributed by atoms with E-state index in [2.05, 4.69) is 4.98 Å². The summed E-state index contributed by atoms with van der Waals surface area (Å²) in [6.07, 6.45) is 0. The van der Waals surface area contributed by atoms with E-state index in [-0.39, 0.29) is 5.56 Å². The zero-order chi connectivity index (χ0) is 18.1. The Labute approximate surface area is 145 Å². The molecule has 0 aliphatic rings. The van der Waals surface area contributed by atoms with Crippen molar-refractivity contribution in [3.05, 3.63) is 64.7 Å². The van der Waals surface area contributed by atoms with Gasteiger partial charge in [-0.15, -0.1) is 0 Å². The number of amides is 1. The van der Waals surface area contributed by atoms with E-state index in [9.17, 15) is 9.59 Å². The van der Waals surface area contributed by atoms with Gasteiger partial charge in [-0.25, -0.2) is 4.98 Å². The van der Waals surface area contributed by atoms with Crippen molar-refractivity contribution in [2.24, 2.45) is 5.73 Å². The molecular weight excluding hydrogens is 316 g/mol. The standard InChI is InChI=1S/C19H20N4O2/c1-12(17(20)24)18-21-16-7-5-4-6-15(16)19(25)23(18)14-10-8-13(9-11-14)22(2)3/h4-12H,1-3H3,(H2,20,24). The van der Waals surface area contributed by atoms with Crippen molar-refractivity contribution in [3.8, 4) is 5.69 Å². The average Bonchev–Trinajstić information content (AvgIpc) is 2.61. The summed E-state index contributed by atoms with van der Waals surface area (Å²) in [7, 11) is 3.89. The Bertz CT molecular complexity index is 990. The summed E-state index contributed by atoms with van der Waals surface area (Å²) in [6, 6.07) is 14.6. The van der Waals surface area contributed by atoms with E-state index in [1.807, 2.05) is 49.3 Å². The number of nitrogens with two attached hydrogens (primary N) is 1. The highest BCUT2D eigenvalue weighted by molar-refractivity contribution is 5.83. The van der Waals surface area contributed by atoms with Crippen LogP contribution in [0.4, 0.5) is 5.69 Å². The van der Waals surface area contributed by atoms with Gasteiger partial charge in [-0.05, 0) is 43.3 Å². The number of benzene rings is 2. The number of hydrogen-bond acceptors (Lipinski definition) is 4. The number of carbonyl (C=O) groups excluding carboxylic acids is 1. The zero-order valence-corrected chi connectivity index (χ0v) is 14.4. The minimum atomic E-state index is -0.689. The van der Waals surface area contributed by atoms with Crippen molar-refractivity contribution >= 4 is 22.5 Å². The molecule has 3 aromatic rings. The Morgan fingerprint density at radius 1 is 1.12 bits per heavy atom. The highest BCUT2D eigenvalue weighted by Gasteiger charge is 2.21. The monoisotopic (exact) mass is 336 g/mol. The molecule has 0 saturated carbocycles. The van der Waals surface area contributed by atoms with Gasteiger partial charge in [-0.3, -0.25) is 14.2 Å². The van der Waals surface area contributed by atoms with Crippen LogP contribution in [-0.4, -0.2) is 29.6 Å². The molecule has 1 aromatic heterocycles. The van der Waals surface area contributed by atoms with Gasteiger partial charge in [0, 0.05) is 19.8 Å². The summed E-state index contributed by atoms with van der Waals surface area (Å²) in [5.41, 5.74) is 7.47. The second-order valence-corrected chi connectivity index (χ2v) is 6.16. The summed E-state index contributed by atoms with van der Waals surface area (Å²) < 4.78 is 1.47. The van der Waals surface area contributed by atoms with Crippen LogP contribution in [0.2, 0.25) is 0 Å². The van der Waals surface area contributed by atoms with E-state index in [0.717, 1.165) is 5.69 Å². The second kappa shape index (κ2) is 6.39. The number of anilines is 1. The molecule has 25 heavy (non-hydrogen) atoms. The fraction of sp³-hybridized carbons (Fsp3) is 0.211. The van der Waals surface area contributed by atoms with Gasteiger partial charge in [-0.2, -0.15) is 0 Å². The number of para-hydroxylation sites is 1. The first-order valence-corrected chi connectivity index (χ1v) is 7.99. The quantitative estimate of drug-likeness (QED) is 0.790. The van der Waals surface area contributed by atoms with Crippen molar-refractivity contribution < 1.29 is 4.79 Å². The van der Waals surface area contributed by atoms with E-state index in [0.29, 0.717) is 22.4 Å². The molecule has 0 aliphatic heterocycles. The van der Waals surface area contributed by atoms with Gasteiger partial charge < -0.3 is 10.6 Å². The molecule has 6 nitrogen and oxygen atoms in total. The number of hydrogen-bond donors (Lipinski definition) is 1. The summed E-state index contributed by atoms with van der Waals surface area (Å²) in [6.45, 7) is 1.66. The molecule has 128 valence electrons. The maximum absolute atomic E-state index is 13.1. The molecule has 0 aliphatic carbocycles. The van der Waals surface area contributed by atoms with Gasteiger partial charge in [0.15, 0.2) is 0 Å². The van der Waals surface area contributed by atoms with Crippen LogP contribution in [-0.2, 0) is 4.79 Å². The van der Waals surface area contributed by atoms with E-state index in [4.69, 9.17) is 5.73 Å². The molecule has 0 radical (unpaired) electrons. The molecule has 2 aromatic carbocycles. The van der Waals surface area contributed by atoms with Crippen LogP contribution in [0.15, 0.2) is 53.3 Å². The first kappa shape index (κ1) is 16.7. The molecule has 1 amide bonds. The number of fused-ring (bicyclic) bond motifs is 1. The molecule has 6 heteroatoms. The molecule has 0 fully saturated rings. The summed E-state index contributed by atoms with van der Waals surface area (Å²) >= 11 is 0. The van der Waals surface area contributed by atoms with Gasteiger partial charge in [0.25, 0.3) is 5.56 Å². The Hall–Kier alpha value is -3.15. The highest BCUT2D eigenvalue weighted by Crippen LogP contribution is 2.21. The molecule has 1 heterocycles. The van der Waals surface area contributed by atoms with E-state index < -0.39 is 11.8 Å². The summed E-state index contributed by atoms with van der Waals surface area (Å²) in [5.74, 6) is -0.875. The topological polar surface area (TPSA) is 81.2 Å². The van der Waals surface area contributed by atoms with Crippen LogP contribution in [0, 0.1) is 0 Å². The molecule has 0 saturated heterocycles. The lowest BCUT2D eigenvalue weighted by atomic mass is 10.1. The molecule has 0 bridgehead atoms. The van der Waals surface area contributed by atoms with Crippen molar-refractivity contribution in [2.45, 2.75) is 12.8 Å². The number of carbonyl (C=O) groups is 1. The van der Waals surface area contributed by atoms with E-state index in [1.165, 1.54) is 4.57 Å². The molecule has 2 N–H and O–H groups in total. The summed E-state index contributed by atoms with van der Waals surface area (Å²) in [5, 5.41) is 0.500. The Kier molecular flexibility index (Phi) is 4.27. The number of rotatable bonds is 4. The third-order valence-electron chi connectivity index (χ3n) is 4.24. The normalized spacial score (nSPS) is 12.1. The highest BCUT2D eigenvalue weighted by atomic mass is 16.1. The number of aromatic nitrogens is 2. The van der Waals surface area contributed by atoms with Gasteiger partial charge >= 0.3 is 0 Å². The lowest BCUT2D eigenvalue weighted by molar-refractivity contribution is -0.119. The van der Waals surface area contributed by atoms with Gasteiger partial charge in [0.1, 0.15) is 5.82 Å². The van der Waals surface area contributed by atoms with Crippen LogP contribution >= 0.6 is 0 Å². The van der Waals surface area contributed by atoms with Crippen LogP contribution in [0.1, 0.15) is 18.7 Å². The van der Waals surface area contributed by atoms with Gasteiger partial charge in [0.05, 0.1) is 22.5 Å². The minimum absolute atomic E-state index is 0.216. The molecule has 3 rings (SSSR count). The third kappa shape index (κ3) is 2.98. The lowest BCUT2D eigenvalue weighted by Crippen LogP contribution is -2.30. The third-order valence-corrected chi connectivity index (χ3v) is 4.24. The van der Waals surface area contributed by atoms with Gasteiger partial charge in [-0.1, -0.05) is 12.1 Å². The molecule has 1 unspecified atom stereocenters. The Balaban J connectivity index is 2.31. The Morgan fingerprint density at radius 2 is 1.76 bits per heavy atom. The smallest absolute Gasteiger partial charge is 0.265 e. The zero-order valence-electron chi connectivity index (χ0n) is 14.4. The first-order valence-electron chi connectivity index (χ1n) is 7.99. The largest absolute Gasteiger partial charge is 0.378 e. The van der Waals surface area contributed by atoms with Crippen LogP contribution < -0.4 is 16.2 Å². The maximum Gasteiger partial charge on any atom is 0.265 e. The molecular formula is C19H20N4O2. The fourth-order valence-corrected chi connectivity index (χ4v) is 2.72. The maximum atomic E-state index is 13.1. The van der Waals surface area contributed by atoms with Crippen LogP contribution in [0.5, 0.6) is 0 Å². The predicted octanol–water partition coefficient (Wildman–Crippen LogP) is 2.04. The molecule has 1 atom stereocenters. The number of primary amides is 1.